The Morgan fingerprint density at radius 1 is 1.50 bits per heavy atom. The molecule has 1 unspecified atom stereocenters. The minimum absolute atomic E-state index is 0.172. The van der Waals surface area contributed by atoms with E-state index < -0.39 is 0 Å². The zero-order valence-corrected chi connectivity index (χ0v) is 9.76. The predicted octanol–water partition coefficient (Wildman–Crippen LogP) is 3.66. The minimum Gasteiger partial charge on any atom is -0.0926 e. The molecule has 0 amide bonds. The summed E-state index contributed by atoms with van der Waals surface area (Å²) >= 11 is 2.41. The van der Waals surface area contributed by atoms with Gasteiger partial charge in [0, 0.05) is 14.9 Å². The molecule has 2 rings (SSSR count). The van der Waals surface area contributed by atoms with Gasteiger partial charge in [-0.1, -0.05) is 58.0 Å². The average Bonchev–Trinajstić information content (AvgIpc) is 2.90. The number of rotatable bonds is 3. The molecule has 0 aromatic heterocycles. The fourth-order valence-corrected chi connectivity index (χ4v) is 2.66. The molecule has 3 nitrogen and oxygen atoms in total. The first-order chi connectivity index (χ1) is 6.76. The Kier molecular flexibility index (Phi) is 2.65. The molecule has 14 heavy (non-hydrogen) atoms. The van der Waals surface area contributed by atoms with Crippen LogP contribution in [0.3, 0.4) is 0 Å². The first kappa shape index (κ1) is 9.80. The fraction of sp³-hybridized carbons (Fsp3) is 0.400. The summed E-state index contributed by atoms with van der Waals surface area (Å²) in [4.78, 5) is 2.81. The van der Waals surface area contributed by atoms with Crippen molar-refractivity contribution >= 4 is 22.6 Å². The normalized spacial score (nSPS) is 29.4. The molecule has 2 atom stereocenters. The van der Waals surface area contributed by atoms with Crippen LogP contribution in [0.25, 0.3) is 10.4 Å². The summed E-state index contributed by atoms with van der Waals surface area (Å²) in [5, 5.41) is 3.65. The highest BCUT2D eigenvalue weighted by molar-refractivity contribution is 14.1. The lowest BCUT2D eigenvalue weighted by molar-refractivity contribution is 0.886. The Labute approximate surface area is 96.3 Å². The number of hydrogen-bond acceptors (Lipinski definition) is 1. The first-order valence-corrected chi connectivity index (χ1v) is 5.59. The molecule has 1 fully saturated rings. The van der Waals surface area contributed by atoms with Crippen molar-refractivity contribution in [3.05, 3.63) is 46.3 Å². The summed E-state index contributed by atoms with van der Waals surface area (Å²) in [5.74, 6) is 0.565. The standard InChI is InChI=1S/C10H10IN3/c11-10(7-13-14-12)6-9(10)8-4-2-1-3-5-8/h1-5,9H,6-7H2/t9?,10-/m1/s1. The van der Waals surface area contributed by atoms with Gasteiger partial charge < -0.3 is 0 Å². The summed E-state index contributed by atoms with van der Waals surface area (Å²) in [6, 6.07) is 10.4. The molecule has 1 aromatic rings. The third-order valence-electron chi connectivity index (χ3n) is 2.61. The average molecular weight is 299 g/mol. The molecular weight excluding hydrogens is 289 g/mol. The molecule has 1 saturated carbocycles. The van der Waals surface area contributed by atoms with E-state index >= 15 is 0 Å². The van der Waals surface area contributed by atoms with Crippen LogP contribution in [-0.4, -0.2) is 9.97 Å². The Bertz CT molecular complexity index is 372. The van der Waals surface area contributed by atoms with Crippen LogP contribution < -0.4 is 0 Å². The van der Waals surface area contributed by atoms with E-state index in [1.807, 2.05) is 6.07 Å². The van der Waals surface area contributed by atoms with Crippen LogP contribution in [0, 0.1) is 0 Å². The molecule has 4 heteroatoms. The topological polar surface area (TPSA) is 48.8 Å². The smallest absolute Gasteiger partial charge is 0.0410 e. The number of hydrogen-bond donors (Lipinski definition) is 0. The predicted molar refractivity (Wildman–Crippen MR) is 64.6 cm³/mol. The van der Waals surface area contributed by atoms with Crippen molar-refractivity contribution in [3.8, 4) is 0 Å². The first-order valence-electron chi connectivity index (χ1n) is 4.51. The van der Waals surface area contributed by atoms with Gasteiger partial charge in [-0.15, -0.1) is 0 Å². The van der Waals surface area contributed by atoms with Crippen molar-refractivity contribution < 1.29 is 0 Å². The van der Waals surface area contributed by atoms with E-state index in [1.165, 1.54) is 5.56 Å². The van der Waals surface area contributed by atoms with Crippen LogP contribution >= 0.6 is 22.6 Å². The van der Waals surface area contributed by atoms with Crippen LogP contribution in [0.1, 0.15) is 17.9 Å². The van der Waals surface area contributed by atoms with Crippen molar-refractivity contribution in [2.75, 3.05) is 6.54 Å². The van der Waals surface area contributed by atoms with Gasteiger partial charge in [-0.05, 0) is 23.4 Å². The Morgan fingerprint density at radius 2 is 2.21 bits per heavy atom. The molecule has 1 aliphatic rings. The van der Waals surface area contributed by atoms with E-state index in [4.69, 9.17) is 5.53 Å². The SMILES string of the molecule is [N-]=[N+]=NC[C@]1(I)CC1c1ccccc1. The quantitative estimate of drug-likeness (QED) is 0.269. The summed E-state index contributed by atoms with van der Waals surface area (Å²) in [5.41, 5.74) is 9.63. The molecule has 0 bridgehead atoms. The van der Waals surface area contributed by atoms with Gasteiger partial charge >= 0.3 is 0 Å². The van der Waals surface area contributed by atoms with Crippen molar-refractivity contribution in [2.45, 2.75) is 15.8 Å². The van der Waals surface area contributed by atoms with Crippen molar-refractivity contribution in [1.82, 2.24) is 0 Å². The third kappa shape index (κ3) is 1.86. The van der Waals surface area contributed by atoms with E-state index in [-0.39, 0.29) is 3.42 Å². The van der Waals surface area contributed by atoms with E-state index in [2.05, 4.69) is 56.9 Å². The summed E-state index contributed by atoms with van der Waals surface area (Å²) in [6.07, 6.45) is 1.12. The molecule has 0 radical (unpaired) electrons. The number of alkyl halides is 1. The lowest BCUT2D eigenvalue weighted by atomic mass is 10.1. The maximum atomic E-state index is 8.27. The molecule has 72 valence electrons. The van der Waals surface area contributed by atoms with E-state index in [0.717, 1.165) is 6.42 Å². The zero-order chi connectivity index (χ0) is 10.0. The van der Waals surface area contributed by atoms with Gasteiger partial charge in [0.15, 0.2) is 0 Å². The second kappa shape index (κ2) is 3.79. The van der Waals surface area contributed by atoms with Crippen LogP contribution in [0.15, 0.2) is 35.4 Å². The van der Waals surface area contributed by atoms with Crippen molar-refractivity contribution in [3.63, 3.8) is 0 Å². The monoisotopic (exact) mass is 299 g/mol. The minimum atomic E-state index is 0.172. The zero-order valence-electron chi connectivity index (χ0n) is 7.60. The number of azide groups is 1. The third-order valence-corrected chi connectivity index (χ3v) is 4.14. The second-order valence-corrected chi connectivity index (χ2v) is 5.74. The van der Waals surface area contributed by atoms with Gasteiger partial charge in [0.25, 0.3) is 0 Å². The van der Waals surface area contributed by atoms with Gasteiger partial charge in [0.1, 0.15) is 0 Å². The molecule has 0 N–H and O–H groups in total. The van der Waals surface area contributed by atoms with Gasteiger partial charge in [-0.2, -0.15) is 0 Å². The Hall–Kier alpha value is -0.740. The fourth-order valence-electron chi connectivity index (χ4n) is 1.71. The highest BCUT2D eigenvalue weighted by Crippen LogP contribution is 2.58. The largest absolute Gasteiger partial charge is 0.0926 e. The molecule has 1 aliphatic carbocycles. The molecule has 0 aliphatic heterocycles. The summed E-state index contributed by atoms with van der Waals surface area (Å²) in [7, 11) is 0. The Morgan fingerprint density at radius 3 is 2.86 bits per heavy atom. The van der Waals surface area contributed by atoms with Crippen molar-refractivity contribution in [1.29, 1.82) is 0 Å². The van der Waals surface area contributed by atoms with Crippen LogP contribution in [0.4, 0.5) is 0 Å². The maximum Gasteiger partial charge on any atom is 0.0410 e. The lowest BCUT2D eigenvalue weighted by Gasteiger charge is -2.04. The maximum absolute atomic E-state index is 8.27. The number of halogens is 1. The van der Waals surface area contributed by atoms with E-state index in [9.17, 15) is 0 Å². The molecule has 0 spiro atoms. The van der Waals surface area contributed by atoms with Crippen LogP contribution in [0.5, 0.6) is 0 Å². The molecule has 0 saturated heterocycles. The second-order valence-electron chi connectivity index (χ2n) is 3.59. The van der Waals surface area contributed by atoms with Crippen LogP contribution in [0.2, 0.25) is 0 Å². The highest BCUT2D eigenvalue weighted by Gasteiger charge is 2.51. The van der Waals surface area contributed by atoms with Gasteiger partial charge in [0.05, 0.1) is 0 Å². The highest BCUT2D eigenvalue weighted by atomic mass is 127. The number of nitrogens with zero attached hydrogens (tertiary/aromatic N) is 3. The number of benzene rings is 1. The molecular formula is C10H10IN3. The lowest BCUT2D eigenvalue weighted by Crippen LogP contribution is -2.04. The van der Waals surface area contributed by atoms with E-state index in [0.29, 0.717) is 12.5 Å². The summed E-state index contributed by atoms with van der Waals surface area (Å²) in [6.45, 7) is 0.601. The molecule has 0 heterocycles. The summed E-state index contributed by atoms with van der Waals surface area (Å²) < 4.78 is 0.172. The van der Waals surface area contributed by atoms with Gasteiger partial charge in [-0.25, -0.2) is 0 Å². The van der Waals surface area contributed by atoms with Crippen molar-refractivity contribution in [2.24, 2.45) is 5.11 Å². The van der Waals surface area contributed by atoms with Gasteiger partial charge in [0.2, 0.25) is 0 Å². The van der Waals surface area contributed by atoms with E-state index in [1.54, 1.807) is 0 Å². The molecule has 1 aromatic carbocycles. The Balaban J connectivity index is 2.08. The van der Waals surface area contributed by atoms with Crippen LogP contribution in [-0.2, 0) is 0 Å². The van der Waals surface area contributed by atoms with Gasteiger partial charge in [-0.3, -0.25) is 0 Å².